The van der Waals surface area contributed by atoms with Crippen molar-refractivity contribution in [2.24, 2.45) is 11.7 Å². The van der Waals surface area contributed by atoms with Crippen LogP contribution in [0.25, 0.3) is 21.1 Å². The Bertz CT molecular complexity index is 1170. The van der Waals surface area contributed by atoms with E-state index in [1.807, 2.05) is 0 Å². The molecule has 0 spiro atoms. The summed E-state index contributed by atoms with van der Waals surface area (Å²) in [6.45, 7) is 3.00. The molecule has 1 aliphatic heterocycles. The summed E-state index contributed by atoms with van der Waals surface area (Å²) in [5, 5.41) is -0.537. The lowest BCUT2D eigenvalue weighted by Gasteiger charge is -2.22. The molecule has 10 heteroatoms. The van der Waals surface area contributed by atoms with Crippen LogP contribution in [-0.4, -0.2) is 34.0 Å². The predicted molar refractivity (Wildman–Crippen MR) is 104 cm³/mol. The Morgan fingerprint density at radius 1 is 1.37 bits per heavy atom. The Hall–Kier alpha value is -1.97. The van der Waals surface area contributed by atoms with Gasteiger partial charge in [0.05, 0.1) is 16.3 Å². The van der Waals surface area contributed by atoms with Gasteiger partial charge < -0.3 is 15.2 Å². The van der Waals surface area contributed by atoms with Gasteiger partial charge in [-0.05, 0) is 31.1 Å². The van der Waals surface area contributed by atoms with Crippen LogP contribution in [0.15, 0.2) is 15.7 Å². The number of hydrogen-bond acceptors (Lipinski definition) is 5. The zero-order chi connectivity index (χ0) is 19.5. The molecule has 0 aliphatic carbocycles. The summed E-state index contributed by atoms with van der Waals surface area (Å²) in [6.07, 6.45) is 0. The summed E-state index contributed by atoms with van der Waals surface area (Å²) in [5.41, 5.74) is 4.24. The number of halogens is 3. The van der Waals surface area contributed by atoms with Crippen molar-refractivity contribution in [2.45, 2.75) is 18.8 Å². The molecule has 1 aromatic carbocycles. The van der Waals surface area contributed by atoms with Gasteiger partial charge in [-0.15, -0.1) is 11.6 Å². The smallest absolute Gasteiger partial charge is 0.271 e. The van der Waals surface area contributed by atoms with E-state index in [2.05, 4.69) is 4.37 Å². The first-order valence-electron chi connectivity index (χ1n) is 8.53. The van der Waals surface area contributed by atoms with Crippen molar-refractivity contribution in [3.8, 4) is 0 Å². The van der Waals surface area contributed by atoms with E-state index < -0.39 is 22.6 Å². The predicted octanol–water partition coefficient (Wildman–Crippen LogP) is 2.20. The molecule has 2 unspecified atom stereocenters. The molecule has 4 rings (SSSR count). The Balaban J connectivity index is 2.06. The number of rotatable bonds is 3. The largest absolute Gasteiger partial charge is 0.365 e. The van der Waals surface area contributed by atoms with Gasteiger partial charge in [0.2, 0.25) is 5.43 Å². The zero-order valence-electron chi connectivity index (χ0n) is 14.4. The summed E-state index contributed by atoms with van der Waals surface area (Å²) in [7, 11) is 0. The van der Waals surface area contributed by atoms with Crippen molar-refractivity contribution in [3.63, 3.8) is 0 Å². The zero-order valence-corrected chi connectivity index (χ0v) is 16.0. The SMILES string of the molecule is CCn1c2s[nH]c(=O)c2c(=O)c2cc(F)c(N3CC(Cl)C(CN)C3)c(F)c21. The normalized spacial score (nSPS) is 20.3. The molecule has 0 amide bonds. The van der Waals surface area contributed by atoms with Crippen molar-refractivity contribution in [2.75, 3.05) is 24.5 Å². The van der Waals surface area contributed by atoms with Gasteiger partial charge in [-0.25, -0.2) is 8.78 Å². The number of aromatic amines is 1. The van der Waals surface area contributed by atoms with Crippen LogP contribution in [0.3, 0.4) is 0 Å². The van der Waals surface area contributed by atoms with Crippen LogP contribution >= 0.6 is 23.1 Å². The average Bonchev–Trinajstić information content (AvgIpc) is 3.19. The van der Waals surface area contributed by atoms with Gasteiger partial charge in [0.15, 0.2) is 5.82 Å². The summed E-state index contributed by atoms with van der Waals surface area (Å²) < 4.78 is 34.4. The summed E-state index contributed by atoms with van der Waals surface area (Å²) >= 11 is 7.21. The summed E-state index contributed by atoms with van der Waals surface area (Å²) in [4.78, 5) is 26.6. The summed E-state index contributed by atoms with van der Waals surface area (Å²) in [5.74, 6) is -1.76. The quantitative estimate of drug-likeness (QED) is 0.643. The maximum absolute atomic E-state index is 15.5. The molecule has 2 aromatic heterocycles. The number of nitrogens with two attached hydrogens (primary N) is 1. The number of nitrogens with one attached hydrogen (secondary N) is 1. The Morgan fingerprint density at radius 2 is 2.11 bits per heavy atom. The van der Waals surface area contributed by atoms with Gasteiger partial charge >= 0.3 is 0 Å². The molecule has 0 bridgehead atoms. The molecule has 2 atom stereocenters. The number of aromatic nitrogens is 2. The minimum Gasteiger partial charge on any atom is -0.365 e. The number of benzene rings is 1. The fraction of sp³-hybridized carbons (Fsp3) is 0.412. The van der Waals surface area contributed by atoms with Crippen LogP contribution in [0.4, 0.5) is 14.5 Å². The van der Waals surface area contributed by atoms with Crippen LogP contribution in [0.1, 0.15) is 6.92 Å². The lowest BCUT2D eigenvalue weighted by molar-refractivity contribution is 0.574. The monoisotopic (exact) mass is 414 g/mol. The van der Waals surface area contributed by atoms with E-state index >= 15 is 4.39 Å². The second kappa shape index (κ2) is 6.57. The number of aryl methyl sites for hydroxylation is 1. The number of H-pyrrole nitrogens is 1. The van der Waals surface area contributed by atoms with Gasteiger partial charge in [-0.1, -0.05) is 0 Å². The topological polar surface area (TPSA) is 84.1 Å². The minimum atomic E-state index is -0.854. The highest BCUT2D eigenvalue weighted by Gasteiger charge is 2.34. The molecule has 3 heterocycles. The number of nitrogens with zero attached hydrogens (tertiary/aromatic N) is 2. The Kier molecular flexibility index (Phi) is 4.48. The third kappa shape index (κ3) is 2.60. The van der Waals surface area contributed by atoms with Crippen molar-refractivity contribution in [1.82, 2.24) is 8.94 Å². The molecule has 0 saturated carbocycles. The molecule has 6 nitrogen and oxygen atoms in total. The highest BCUT2D eigenvalue weighted by atomic mass is 35.5. The van der Waals surface area contributed by atoms with Crippen LogP contribution in [0.5, 0.6) is 0 Å². The number of anilines is 1. The van der Waals surface area contributed by atoms with Crippen LogP contribution in [0.2, 0.25) is 0 Å². The van der Waals surface area contributed by atoms with Crippen molar-refractivity contribution in [3.05, 3.63) is 38.3 Å². The van der Waals surface area contributed by atoms with Crippen molar-refractivity contribution in [1.29, 1.82) is 0 Å². The molecule has 3 N–H and O–H groups in total. The molecule has 1 fully saturated rings. The highest BCUT2D eigenvalue weighted by molar-refractivity contribution is 7.12. The molecule has 1 saturated heterocycles. The number of hydrogen-bond donors (Lipinski definition) is 2. The van der Waals surface area contributed by atoms with Gasteiger partial charge in [-0.2, -0.15) is 0 Å². The van der Waals surface area contributed by atoms with E-state index in [0.29, 0.717) is 24.5 Å². The molecular formula is C17H17ClF2N4O2S. The van der Waals surface area contributed by atoms with Gasteiger partial charge in [-0.3, -0.25) is 14.0 Å². The first-order valence-corrected chi connectivity index (χ1v) is 9.79. The standard InChI is InChI=1S/C17H17ClF2N4O2S/c1-2-24-13-8(15(25)11-16(26)22-27-17(11)24)3-10(19)14(12(13)20)23-5-7(4-21)9(18)6-23/h3,7,9H,2,4-6,21H2,1H3,(H,22,26). The highest BCUT2D eigenvalue weighted by Crippen LogP contribution is 2.35. The maximum atomic E-state index is 15.5. The van der Waals surface area contributed by atoms with Crippen LogP contribution in [-0.2, 0) is 6.54 Å². The number of fused-ring (bicyclic) bond motifs is 2. The fourth-order valence-electron chi connectivity index (χ4n) is 3.78. The number of pyridine rings is 1. The van der Waals surface area contributed by atoms with E-state index in [-0.39, 0.29) is 39.8 Å². The van der Waals surface area contributed by atoms with E-state index in [9.17, 15) is 14.0 Å². The first-order chi connectivity index (χ1) is 12.9. The Morgan fingerprint density at radius 3 is 2.74 bits per heavy atom. The lowest BCUT2D eigenvalue weighted by atomic mass is 10.1. The minimum absolute atomic E-state index is 0.0102. The van der Waals surface area contributed by atoms with Crippen molar-refractivity contribution < 1.29 is 8.78 Å². The first kappa shape index (κ1) is 18.4. The van der Waals surface area contributed by atoms with Gasteiger partial charge in [0.25, 0.3) is 5.56 Å². The van der Waals surface area contributed by atoms with Crippen LogP contribution < -0.4 is 21.6 Å². The van der Waals surface area contributed by atoms with Crippen LogP contribution in [0, 0.1) is 17.6 Å². The third-order valence-corrected chi connectivity index (χ3v) is 6.53. The molecule has 1 aliphatic rings. The van der Waals surface area contributed by atoms with Crippen molar-refractivity contribution >= 4 is 49.9 Å². The van der Waals surface area contributed by atoms with E-state index in [0.717, 1.165) is 17.6 Å². The van der Waals surface area contributed by atoms with E-state index in [1.54, 1.807) is 6.92 Å². The average molecular weight is 415 g/mol. The van der Waals surface area contributed by atoms with Gasteiger partial charge in [0.1, 0.15) is 21.7 Å². The maximum Gasteiger partial charge on any atom is 0.271 e. The fourth-order valence-corrected chi connectivity index (χ4v) is 5.04. The molecule has 3 aromatic rings. The molecular weight excluding hydrogens is 398 g/mol. The lowest BCUT2D eigenvalue weighted by Crippen LogP contribution is -2.25. The molecule has 144 valence electrons. The third-order valence-electron chi connectivity index (χ3n) is 5.13. The number of alkyl halides is 1. The molecule has 27 heavy (non-hydrogen) atoms. The van der Waals surface area contributed by atoms with Gasteiger partial charge in [0, 0.05) is 25.6 Å². The second-order valence-electron chi connectivity index (χ2n) is 6.62. The summed E-state index contributed by atoms with van der Waals surface area (Å²) in [6, 6.07) is 1.01. The van der Waals surface area contributed by atoms with E-state index in [4.69, 9.17) is 17.3 Å². The molecule has 0 radical (unpaired) electrons. The van der Waals surface area contributed by atoms with E-state index in [1.165, 1.54) is 9.47 Å². The Labute approximate surface area is 161 Å². The second-order valence-corrected chi connectivity index (χ2v) is 7.98.